The number of nitro benzene ring substituents is 1. The summed E-state index contributed by atoms with van der Waals surface area (Å²) in [4.78, 5) is 18.2. The van der Waals surface area contributed by atoms with Crippen LogP contribution >= 0.6 is 0 Å². The van der Waals surface area contributed by atoms with Crippen LogP contribution < -0.4 is 10.6 Å². The molecule has 1 aromatic heterocycles. The predicted molar refractivity (Wildman–Crippen MR) is 137 cm³/mol. The van der Waals surface area contributed by atoms with Crippen molar-refractivity contribution in [3.63, 3.8) is 0 Å². The number of benzene rings is 3. The summed E-state index contributed by atoms with van der Waals surface area (Å²) in [5, 5.41) is 23.7. The maximum atomic E-state index is 11.3. The van der Waals surface area contributed by atoms with Gasteiger partial charge in [-0.25, -0.2) is 4.98 Å². The minimum absolute atomic E-state index is 0.0918. The summed E-state index contributed by atoms with van der Waals surface area (Å²) < 4.78 is 0. The number of nitrogens with zero attached hydrogens (tertiary/aromatic N) is 5. The average molecular weight is 456 g/mol. The van der Waals surface area contributed by atoms with Crippen molar-refractivity contribution in [2.75, 3.05) is 23.7 Å². The zero-order valence-corrected chi connectivity index (χ0v) is 18.6. The van der Waals surface area contributed by atoms with Crippen LogP contribution in [0.2, 0.25) is 0 Å². The molecule has 0 amide bonds. The van der Waals surface area contributed by atoms with Gasteiger partial charge in [-0.2, -0.15) is 0 Å². The molecule has 0 saturated heterocycles. The SMILES string of the molecule is [N-]=[N+]=Nc1ccc(NCCCCCCNc2c3ccccc3nc3ccccc23)c([N+](=O)[O-])c1. The molecule has 1 heterocycles. The van der Waals surface area contributed by atoms with Crippen molar-refractivity contribution in [2.24, 2.45) is 5.11 Å². The average Bonchev–Trinajstić information content (AvgIpc) is 2.85. The number of aromatic nitrogens is 1. The van der Waals surface area contributed by atoms with Crippen LogP contribution in [0.5, 0.6) is 0 Å². The van der Waals surface area contributed by atoms with Gasteiger partial charge in [0.25, 0.3) is 5.69 Å². The molecular weight excluding hydrogens is 430 g/mol. The summed E-state index contributed by atoms with van der Waals surface area (Å²) in [6, 6.07) is 20.8. The highest BCUT2D eigenvalue weighted by atomic mass is 16.6. The van der Waals surface area contributed by atoms with E-state index in [1.54, 1.807) is 12.1 Å². The molecule has 9 nitrogen and oxygen atoms in total. The Labute approximate surface area is 196 Å². The molecule has 0 saturated carbocycles. The molecule has 0 radical (unpaired) electrons. The number of unbranched alkanes of at least 4 members (excludes halogenated alkanes) is 3. The summed E-state index contributed by atoms with van der Waals surface area (Å²) in [5.41, 5.74) is 12.2. The molecular formula is C25H25N7O2. The Kier molecular flexibility index (Phi) is 7.37. The lowest BCUT2D eigenvalue weighted by Gasteiger charge is -2.13. The third kappa shape index (κ3) is 5.33. The monoisotopic (exact) mass is 455 g/mol. The molecule has 0 bridgehead atoms. The molecule has 0 spiro atoms. The third-order valence-electron chi connectivity index (χ3n) is 5.65. The van der Waals surface area contributed by atoms with Gasteiger partial charge in [0, 0.05) is 40.5 Å². The largest absolute Gasteiger partial charge is 0.384 e. The van der Waals surface area contributed by atoms with E-state index in [9.17, 15) is 10.1 Å². The molecule has 0 unspecified atom stereocenters. The van der Waals surface area contributed by atoms with E-state index < -0.39 is 4.92 Å². The normalized spacial score (nSPS) is 10.7. The number of para-hydroxylation sites is 2. The van der Waals surface area contributed by atoms with Gasteiger partial charge in [0.05, 0.1) is 21.6 Å². The Bertz CT molecular complexity index is 1310. The van der Waals surface area contributed by atoms with Crippen LogP contribution in [-0.4, -0.2) is 23.0 Å². The second kappa shape index (κ2) is 11.0. The van der Waals surface area contributed by atoms with E-state index in [4.69, 9.17) is 10.5 Å². The molecule has 4 aromatic rings. The highest BCUT2D eigenvalue weighted by molar-refractivity contribution is 6.07. The van der Waals surface area contributed by atoms with Crippen molar-refractivity contribution in [1.29, 1.82) is 0 Å². The Morgan fingerprint density at radius 1 is 0.882 bits per heavy atom. The van der Waals surface area contributed by atoms with Gasteiger partial charge >= 0.3 is 0 Å². The topological polar surface area (TPSA) is 129 Å². The molecule has 2 N–H and O–H groups in total. The summed E-state index contributed by atoms with van der Waals surface area (Å²) in [5.74, 6) is 0. The van der Waals surface area contributed by atoms with E-state index in [0.717, 1.165) is 59.7 Å². The Morgan fingerprint density at radius 2 is 1.50 bits per heavy atom. The first-order valence-electron chi connectivity index (χ1n) is 11.3. The van der Waals surface area contributed by atoms with Crippen LogP contribution in [0.25, 0.3) is 32.2 Å². The molecule has 3 aromatic carbocycles. The standard InChI is InChI=1S/C25H25N7O2/c26-31-30-18-13-14-23(24(17-18)32(33)34)27-15-7-1-2-8-16-28-25-19-9-3-5-11-21(19)29-22-12-6-4-10-20(22)25/h3-6,9-14,17,27H,1-2,7-8,15-16H2,(H,28,29). The minimum Gasteiger partial charge on any atom is -0.384 e. The van der Waals surface area contributed by atoms with Gasteiger partial charge in [-0.1, -0.05) is 60.4 Å². The predicted octanol–water partition coefficient (Wildman–Crippen LogP) is 7.32. The fourth-order valence-corrected chi connectivity index (χ4v) is 4.00. The molecule has 4 rings (SSSR count). The van der Waals surface area contributed by atoms with Crippen molar-refractivity contribution in [3.05, 3.63) is 87.3 Å². The number of rotatable bonds is 11. The van der Waals surface area contributed by atoms with Gasteiger partial charge < -0.3 is 10.6 Å². The second-order valence-corrected chi connectivity index (χ2v) is 7.94. The lowest BCUT2D eigenvalue weighted by atomic mass is 10.1. The summed E-state index contributed by atoms with van der Waals surface area (Å²) in [6.45, 7) is 1.49. The second-order valence-electron chi connectivity index (χ2n) is 7.94. The summed E-state index contributed by atoms with van der Waals surface area (Å²) in [6.07, 6.45) is 3.98. The van der Waals surface area contributed by atoms with Crippen LogP contribution in [0.1, 0.15) is 25.7 Å². The maximum Gasteiger partial charge on any atom is 0.292 e. The number of anilines is 2. The Morgan fingerprint density at radius 3 is 2.12 bits per heavy atom. The maximum absolute atomic E-state index is 11.3. The van der Waals surface area contributed by atoms with Crippen LogP contribution in [0.15, 0.2) is 71.8 Å². The van der Waals surface area contributed by atoms with Crippen LogP contribution in [0.4, 0.5) is 22.7 Å². The molecule has 0 aliphatic heterocycles. The fraction of sp³-hybridized carbons (Fsp3) is 0.240. The number of nitrogens with one attached hydrogen (secondary N) is 2. The highest BCUT2D eigenvalue weighted by Crippen LogP contribution is 2.31. The lowest BCUT2D eigenvalue weighted by molar-refractivity contribution is -0.383. The van der Waals surface area contributed by atoms with E-state index in [-0.39, 0.29) is 11.4 Å². The number of azide groups is 1. The van der Waals surface area contributed by atoms with E-state index in [0.29, 0.717) is 12.2 Å². The van der Waals surface area contributed by atoms with E-state index >= 15 is 0 Å². The number of hydrogen-bond acceptors (Lipinski definition) is 6. The van der Waals surface area contributed by atoms with Crippen molar-refractivity contribution in [2.45, 2.75) is 25.7 Å². The van der Waals surface area contributed by atoms with E-state index in [2.05, 4.69) is 32.8 Å². The first kappa shape index (κ1) is 22.8. The van der Waals surface area contributed by atoms with E-state index in [1.807, 2.05) is 36.4 Å². The van der Waals surface area contributed by atoms with Crippen molar-refractivity contribution in [3.8, 4) is 0 Å². The molecule has 0 aliphatic carbocycles. The molecule has 0 fully saturated rings. The quantitative estimate of drug-likeness (QED) is 0.0465. The molecule has 0 aliphatic rings. The zero-order valence-electron chi connectivity index (χ0n) is 18.6. The molecule has 9 heteroatoms. The zero-order chi connectivity index (χ0) is 23.8. The Hall–Kier alpha value is -4.36. The van der Waals surface area contributed by atoms with Crippen molar-refractivity contribution in [1.82, 2.24) is 4.98 Å². The molecule has 34 heavy (non-hydrogen) atoms. The number of nitro groups is 1. The number of hydrogen-bond donors (Lipinski definition) is 2. The van der Waals surface area contributed by atoms with E-state index in [1.165, 1.54) is 6.07 Å². The summed E-state index contributed by atoms with van der Waals surface area (Å²) >= 11 is 0. The van der Waals surface area contributed by atoms with Gasteiger partial charge in [0.1, 0.15) is 5.69 Å². The Balaban J connectivity index is 1.26. The fourth-order valence-electron chi connectivity index (χ4n) is 4.00. The smallest absolute Gasteiger partial charge is 0.292 e. The first-order valence-corrected chi connectivity index (χ1v) is 11.3. The van der Waals surface area contributed by atoms with Crippen molar-refractivity contribution >= 4 is 44.6 Å². The summed E-state index contributed by atoms with van der Waals surface area (Å²) in [7, 11) is 0. The van der Waals surface area contributed by atoms with Gasteiger partial charge in [-0.15, -0.1) is 0 Å². The van der Waals surface area contributed by atoms with Crippen molar-refractivity contribution < 1.29 is 4.92 Å². The van der Waals surface area contributed by atoms with Gasteiger partial charge in [-0.3, -0.25) is 10.1 Å². The van der Waals surface area contributed by atoms with Gasteiger partial charge in [-0.05, 0) is 36.6 Å². The highest BCUT2D eigenvalue weighted by Gasteiger charge is 2.14. The first-order chi connectivity index (χ1) is 16.7. The number of fused-ring (bicyclic) bond motifs is 2. The van der Waals surface area contributed by atoms with Crippen LogP contribution in [0, 0.1) is 10.1 Å². The molecule has 0 atom stereocenters. The van der Waals surface area contributed by atoms with Crippen LogP contribution in [-0.2, 0) is 0 Å². The molecule has 172 valence electrons. The van der Waals surface area contributed by atoms with Crippen LogP contribution in [0.3, 0.4) is 0 Å². The lowest BCUT2D eigenvalue weighted by Crippen LogP contribution is -2.05. The minimum atomic E-state index is -0.475. The van der Waals surface area contributed by atoms with Gasteiger partial charge in [0.15, 0.2) is 0 Å². The van der Waals surface area contributed by atoms with Gasteiger partial charge in [0.2, 0.25) is 0 Å². The number of pyridine rings is 1. The third-order valence-corrected chi connectivity index (χ3v) is 5.65.